The van der Waals surface area contributed by atoms with E-state index in [1.807, 2.05) is 0 Å². The van der Waals surface area contributed by atoms with E-state index in [0.717, 1.165) is 0 Å². The third-order valence-corrected chi connectivity index (χ3v) is 4.22. The lowest BCUT2D eigenvalue weighted by Gasteiger charge is -2.42. The Balaban J connectivity index is 2.03. The average Bonchev–Trinajstić information content (AvgIpc) is 2.51. The fourth-order valence-electron chi connectivity index (χ4n) is 3.14. The largest absolute Gasteiger partial charge is 0.473 e. The van der Waals surface area contributed by atoms with Crippen LogP contribution in [0.3, 0.4) is 0 Å². The number of aryl methyl sites for hydroxylation is 2. The van der Waals surface area contributed by atoms with Crippen molar-refractivity contribution in [1.29, 1.82) is 0 Å². The van der Waals surface area contributed by atoms with E-state index in [1.54, 1.807) is 38.1 Å². The Morgan fingerprint density at radius 2 is 1.84 bits per heavy atom. The molecule has 0 aliphatic carbocycles. The number of ketones is 1. The molecule has 0 N–H and O–H groups in total. The minimum atomic E-state index is -4.97. The van der Waals surface area contributed by atoms with E-state index >= 15 is 0 Å². The van der Waals surface area contributed by atoms with Crippen molar-refractivity contribution in [2.75, 3.05) is 0 Å². The maximum atomic E-state index is 14.0. The van der Waals surface area contributed by atoms with Crippen molar-refractivity contribution in [2.24, 2.45) is 0 Å². The fraction of sp³-hybridized carbons (Fsp3) is 0.222. The summed E-state index contributed by atoms with van der Waals surface area (Å²) >= 11 is 0. The zero-order chi connectivity index (χ0) is 18.0. The van der Waals surface area contributed by atoms with Gasteiger partial charge in [-0.3, -0.25) is 4.79 Å². The molecule has 1 aromatic heterocycles. The van der Waals surface area contributed by atoms with Crippen LogP contribution in [-0.2, 0) is 0 Å². The molecule has 0 saturated carbocycles. The molecule has 7 heteroatoms. The summed E-state index contributed by atoms with van der Waals surface area (Å²) in [5.41, 5.74) is 0.767. The summed E-state index contributed by atoms with van der Waals surface area (Å²) in [5.74, 6) is -4.36. The zero-order valence-corrected chi connectivity index (χ0v) is 13.3. The Labute approximate surface area is 140 Å². The van der Waals surface area contributed by atoms with Crippen LogP contribution in [-0.4, -0.2) is 22.7 Å². The Morgan fingerprint density at radius 1 is 1.12 bits per heavy atom. The number of hydrogen-bond donors (Lipinski definition) is 0. The maximum Gasteiger partial charge on any atom is 0.473 e. The second-order valence-corrected chi connectivity index (χ2v) is 6.00. The lowest BCUT2D eigenvalue weighted by Crippen LogP contribution is -2.61. The van der Waals surface area contributed by atoms with Crippen LogP contribution in [0.4, 0.5) is 13.2 Å². The first-order valence-electron chi connectivity index (χ1n) is 7.52. The number of para-hydroxylation sites is 1. The second kappa shape index (κ2) is 4.84. The molecule has 1 atom stereocenters. The lowest BCUT2D eigenvalue weighted by molar-refractivity contribution is -0.304. The fourth-order valence-corrected chi connectivity index (χ4v) is 3.14. The Hall–Kier alpha value is -2.83. The highest BCUT2D eigenvalue weighted by Gasteiger charge is 2.68. The van der Waals surface area contributed by atoms with Gasteiger partial charge in [0.05, 0.1) is 11.1 Å². The predicted octanol–water partition coefficient (Wildman–Crippen LogP) is 4.01. The summed E-state index contributed by atoms with van der Waals surface area (Å²) in [4.78, 5) is 16.9. The van der Waals surface area contributed by atoms with Gasteiger partial charge in [-0.1, -0.05) is 18.2 Å². The SMILES string of the molecule is Cc1cc(C)c2c(n1)O[C@]1(C(F)(F)F)Oc3ccccc3C=C1C2=O. The third-order valence-electron chi connectivity index (χ3n) is 4.22. The molecule has 4 nitrogen and oxygen atoms in total. The molecule has 4 rings (SSSR count). The molecule has 0 spiro atoms. The van der Waals surface area contributed by atoms with Gasteiger partial charge in [0.2, 0.25) is 11.7 Å². The van der Waals surface area contributed by atoms with Gasteiger partial charge < -0.3 is 9.47 Å². The number of rotatable bonds is 0. The van der Waals surface area contributed by atoms with Crippen LogP contribution in [0.1, 0.15) is 27.2 Å². The molecule has 2 aliphatic rings. The quantitative estimate of drug-likeness (QED) is 0.723. The van der Waals surface area contributed by atoms with E-state index in [2.05, 4.69) is 4.98 Å². The topological polar surface area (TPSA) is 48.4 Å². The molecule has 0 saturated heterocycles. The summed E-state index contributed by atoms with van der Waals surface area (Å²) in [5, 5.41) is 0. The van der Waals surface area contributed by atoms with Gasteiger partial charge in [0.1, 0.15) is 5.75 Å². The number of halogens is 3. The Bertz CT molecular complexity index is 949. The first-order valence-corrected chi connectivity index (χ1v) is 7.52. The van der Waals surface area contributed by atoms with Crippen LogP contribution in [0.2, 0.25) is 0 Å². The van der Waals surface area contributed by atoms with Gasteiger partial charge in [0.15, 0.2) is 0 Å². The van der Waals surface area contributed by atoms with Gasteiger partial charge >= 0.3 is 12.0 Å². The van der Waals surface area contributed by atoms with Crippen molar-refractivity contribution in [3.8, 4) is 11.6 Å². The van der Waals surface area contributed by atoms with Gasteiger partial charge in [-0.25, -0.2) is 4.98 Å². The van der Waals surface area contributed by atoms with E-state index in [4.69, 9.17) is 9.47 Å². The van der Waals surface area contributed by atoms with Crippen LogP contribution in [0.25, 0.3) is 6.08 Å². The predicted molar refractivity (Wildman–Crippen MR) is 82.5 cm³/mol. The zero-order valence-electron chi connectivity index (χ0n) is 13.3. The highest BCUT2D eigenvalue weighted by molar-refractivity contribution is 6.16. The summed E-state index contributed by atoms with van der Waals surface area (Å²) in [7, 11) is 0. The van der Waals surface area contributed by atoms with Crippen LogP contribution in [0.5, 0.6) is 11.6 Å². The van der Waals surface area contributed by atoms with Crippen LogP contribution >= 0.6 is 0 Å². The molecular weight excluding hydrogens is 335 g/mol. The van der Waals surface area contributed by atoms with E-state index in [0.29, 0.717) is 16.8 Å². The number of alkyl halides is 3. The molecule has 3 heterocycles. The number of aromatic nitrogens is 1. The van der Waals surface area contributed by atoms with Crippen molar-refractivity contribution < 1.29 is 27.4 Å². The number of carbonyl (C=O) groups excluding carboxylic acids is 1. The van der Waals surface area contributed by atoms with E-state index in [1.165, 1.54) is 12.1 Å². The summed E-state index contributed by atoms with van der Waals surface area (Å²) in [6.45, 7) is 3.25. The first-order chi connectivity index (χ1) is 11.7. The molecule has 1 aromatic carbocycles. The van der Waals surface area contributed by atoms with E-state index < -0.39 is 23.3 Å². The Morgan fingerprint density at radius 3 is 2.56 bits per heavy atom. The molecule has 2 aliphatic heterocycles. The van der Waals surface area contributed by atoms with E-state index in [-0.39, 0.29) is 17.2 Å². The van der Waals surface area contributed by atoms with Crippen molar-refractivity contribution in [3.05, 3.63) is 58.3 Å². The molecule has 0 bridgehead atoms. The van der Waals surface area contributed by atoms with Gasteiger partial charge in [-0.05, 0) is 37.6 Å². The molecule has 128 valence electrons. The maximum absolute atomic E-state index is 14.0. The van der Waals surface area contributed by atoms with Gasteiger partial charge in [0.25, 0.3) is 0 Å². The first kappa shape index (κ1) is 15.7. The standard InChI is InChI=1S/C18H12F3NO3/c1-9-7-10(2)22-16-14(9)15(23)12-8-11-5-3-4-6-13(11)24-17(12,25-16)18(19,20)21/h3-8H,1-2H3/t17-/m1/s1. The van der Waals surface area contributed by atoms with Crippen LogP contribution in [0.15, 0.2) is 35.9 Å². The number of pyridine rings is 1. The minimum Gasteiger partial charge on any atom is -0.440 e. The van der Waals surface area contributed by atoms with Crippen molar-refractivity contribution >= 4 is 11.9 Å². The van der Waals surface area contributed by atoms with Gasteiger partial charge in [0, 0.05) is 11.3 Å². The molecule has 0 amide bonds. The van der Waals surface area contributed by atoms with Crippen molar-refractivity contribution in [1.82, 2.24) is 4.98 Å². The highest BCUT2D eigenvalue weighted by atomic mass is 19.4. The summed E-state index contributed by atoms with van der Waals surface area (Å²) in [6, 6.07) is 7.80. The molecular formula is C18H12F3NO3. The Kier molecular flexibility index (Phi) is 3.04. The number of ether oxygens (including phenoxy) is 2. The summed E-state index contributed by atoms with van der Waals surface area (Å²) < 4.78 is 52.3. The second-order valence-electron chi connectivity index (χ2n) is 6.00. The normalized spacial score (nSPS) is 21.3. The monoisotopic (exact) mass is 347 g/mol. The smallest absolute Gasteiger partial charge is 0.440 e. The van der Waals surface area contributed by atoms with Gasteiger partial charge in [-0.15, -0.1) is 0 Å². The minimum absolute atomic E-state index is 0.01000. The third kappa shape index (κ3) is 2.08. The number of fused-ring (bicyclic) bond motifs is 3. The molecule has 0 fully saturated rings. The number of benzene rings is 1. The molecule has 0 radical (unpaired) electrons. The van der Waals surface area contributed by atoms with Crippen LogP contribution in [0, 0.1) is 13.8 Å². The molecule has 2 aromatic rings. The van der Waals surface area contributed by atoms with Crippen molar-refractivity contribution in [2.45, 2.75) is 25.8 Å². The molecule has 0 unspecified atom stereocenters. The number of nitrogens with zero attached hydrogens (tertiary/aromatic N) is 1. The molecule has 25 heavy (non-hydrogen) atoms. The summed E-state index contributed by atoms with van der Waals surface area (Å²) in [6.07, 6.45) is -3.80. The lowest BCUT2D eigenvalue weighted by atomic mass is 9.87. The average molecular weight is 347 g/mol. The van der Waals surface area contributed by atoms with Gasteiger partial charge in [-0.2, -0.15) is 13.2 Å². The number of Topliss-reactive ketones (excluding diaryl/α,β-unsaturated/α-hetero) is 1. The van der Waals surface area contributed by atoms with Crippen LogP contribution < -0.4 is 9.47 Å². The van der Waals surface area contributed by atoms with Crippen molar-refractivity contribution in [3.63, 3.8) is 0 Å². The van der Waals surface area contributed by atoms with E-state index in [9.17, 15) is 18.0 Å². The number of carbonyl (C=O) groups is 1. The highest BCUT2D eigenvalue weighted by Crippen LogP contribution is 2.50. The number of hydrogen-bond acceptors (Lipinski definition) is 4.